The Bertz CT molecular complexity index is 1360. The maximum Gasteiger partial charge on any atom is 0.349 e. The van der Waals surface area contributed by atoms with Crippen LogP contribution in [-0.2, 0) is 6.61 Å². The summed E-state index contributed by atoms with van der Waals surface area (Å²) in [6.45, 7) is 0.432. The van der Waals surface area contributed by atoms with E-state index in [4.69, 9.17) is 4.74 Å². The molecule has 6 nitrogen and oxygen atoms in total. The van der Waals surface area contributed by atoms with Gasteiger partial charge in [0.1, 0.15) is 12.4 Å². The molecule has 0 spiro atoms. The van der Waals surface area contributed by atoms with E-state index in [1.165, 1.54) is 6.21 Å². The zero-order chi connectivity index (χ0) is 21.1. The van der Waals surface area contributed by atoms with Gasteiger partial charge in [-0.1, -0.05) is 40.2 Å². The van der Waals surface area contributed by atoms with Crippen molar-refractivity contribution < 1.29 is 4.74 Å². The van der Waals surface area contributed by atoms with Gasteiger partial charge in [0.25, 0.3) is 5.56 Å². The fraction of sp³-hybridized carbons (Fsp3) is 0.0455. The van der Waals surface area contributed by atoms with Gasteiger partial charge < -0.3 is 9.72 Å². The summed E-state index contributed by atoms with van der Waals surface area (Å²) in [7, 11) is 0. The molecule has 1 N–H and O–H groups in total. The molecule has 0 radical (unpaired) electrons. The summed E-state index contributed by atoms with van der Waals surface area (Å²) < 4.78 is 8.42. The third-order valence-corrected chi connectivity index (χ3v) is 5.52. The predicted molar refractivity (Wildman–Crippen MR) is 124 cm³/mol. The number of halogens is 2. The predicted octanol–water partition coefficient (Wildman–Crippen LogP) is 4.68. The molecular formula is C22H15Br2N3O3. The van der Waals surface area contributed by atoms with Crippen molar-refractivity contribution in [1.82, 2.24) is 9.66 Å². The molecule has 8 heteroatoms. The van der Waals surface area contributed by atoms with E-state index in [0.29, 0.717) is 28.8 Å². The normalized spacial score (nSPS) is 11.3. The largest absolute Gasteiger partial charge is 0.488 e. The molecule has 0 aliphatic heterocycles. The Balaban J connectivity index is 1.54. The zero-order valence-corrected chi connectivity index (χ0v) is 18.7. The molecule has 0 fully saturated rings. The van der Waals surface area contributed by atoms with Crippen LogP contribution in [0.3, 0.4) is 0 Å². The number of para-hydroxylation sites is 1. The summed E-state index contributed by atoms with van der Waals surface area (Å²) in [6.07, 6.45) is 1.45. The molecule has 0 amide bonds. The van der Waals surface area contributed by atoms with E-state index in [2.05, 4.69) is 41.9 Å². The van der Waals surface area contributed by atoms with E-state index in [0.717, 1.165) is 19.2 Å². The Labute approximate surface area is 188 Å². The van der Waals surface area contributed by atoms with Crippen LogP contribution >= 0.6 is 31.9 Å². The average molecular weight is 529 g/mol. The molecule has 30 heavy (non-hydrogen) atoms. The Morgan fingerprint density at radius 2 is 1.77 bits per heavy atom. The van der Waals surface area contributed by atoms with Gasteiger partial charge in [0.15, 0.2) is 0 Å². The molecule has 1 aromatic heterocycles. The monoisotopic (exact) mass is 527 g/mol. The van der Waals surface area contributed by atoms with Gasteiger partial charge in [-0.2, -0.15) is 5.10 Å². The second-order valence-corrected chi connectivity index (χ2v) is 8.21. The standard InChI is InChI=1S/C22H15Br2N3O3/c23-16-8-5-14(6-9-16)13-30-20-10-7-15(11-18(20)24)12-25-27-21(28)17-3-1-2-4-19(17)26-22(27)29/h1-12H,13H2,(H,26,29). The highest BCUT2D eigenvalue weighted by Crippen LogP contribution is 2.26. The third kappa shape index (κ3) is 4.44. The molecule has 0 saturated heterocycles. The number of H-pyrrole nitrogens is 1. The van der Waals surface area contributed by atoms with Gasteiger partial charge in [0.05, 0.1) is 21.6 Å². The van der Waals surface area contributed by atoms with E-state index in [1.54, 1.807) is 42.5 Å². The molecule has 0 aliphatic rings. The summed E-state index contributed by atoms with van der Waals surface area (Å²) in [4.78, 5) is 27.4. The van der Waals surface area contributed by atoms with Crippen molar-refractivity contribution in [2.75, 3.05) is 0 Å². The average Bonchev–Trinajstić information content (AvgIpc) is 2.74. The highest BCUT2D eigenvalue weighted by molar-refractivity contribution is 9.10. The van der Waals surface area contributed by atoms with Gasteiger partial charge in [0, 0.05) is 4.47 Å². The maximum absolute atomic E-state index is 12.5. The number of ether oxygens (including phenoxy) is 1. The maximum atomic E-state index is 12.5. The van der Waals surface area contributed by atoms with Gasteiger partial charge in [-0.25, -0.2) is 4.79 Å². The Morgan fingerprint density at radius 1 is 1.00 bits per heavy atom. The second kappa shape index (κ2) is 8.81. The van der Waals surface area contributed by atoms with Crippen LogP contribution < -0.4 is 16.0 Å². The first-order valence-electron chi connectivity index (χ1n) is 8.96. The van der Waals surface area contributed by atoms with Crippen molar-refractivity contribution >= 4 is 49.0 Å². The van der Waals surface area contributed by atoms with Crippen molar-refractivity contribution in [3.05, 3.63) is 108 Å². The van der Waals surface area contributed by atoms with Crippen LogP contribution in [0.1, 0.15) is 11.1 Å². The van der Waals surface area contributed by atoms with Crippen LogP contribution in [0.15, 0.2) is 90.4 Å². The molecule has 1 heterocycles. The Hall–Kier alpha value is -2.97. The smallest absolute Gasteiger partial charge is 0.349 e. The van der Waals surface area contributed by atoms with Crippen LogP contribution in [0.5, 0.6) is 5.75 Å². The first-order valence-corrected chi connectivity index (χ1v) is 10.5. The van der Waals surface area contributed by atoms with Gasteiger partial charge in [-0.05, 0) is 69.5 Å². The molecule has 0 atom stereocenters. The number of nitrogens with one attached hydrogen (secondary N) is 1. The van der Waals surface area contributed by atoms with E-state index < -0.39 is 11.2 Å². The van der Waals surface area contributed by atoms with Gasteiger partial charge in [0.2, 0.25) is 0 Å². The fourth-order valence-electron chi connectivity index (χ4n) is 2.84. The first kappa shape index (κ1) is 20.3. The lowest BCUT2D eigenvalue weighted by molar-refractivity contribution is 0.304. The SMILES string of the molecule is O=c1[nH]c2ccccc2c(=O)n1N=Cc1ccc(OCc2ccc(Br)cc2)c(Br)c1. The topological polar surface area (TPSA) is 76.5 Å². The molecule has 4 rings (SSSR count). The summed E-state index contributed by atoms with van der Waals surface area (Å²) in [6, 6.07) is 20.1. The summed E-state index contributed by atoms with van der Waals surface area (Å²) in [5.41, 5.74) is 1.17. The fourth-order valence-corrected chi connectivity index (χ4v) is 3.61. The van der Waals surface area contributed by atoms with Crippen molar-refractivity contribution in [2.24, 2.45) is 5.10 Å². The number of aromatic nitrogens is 2. The van der Waals surface area contributed by atoms with Gasteiger partial charge in [-0.3, -0.25) is 4.79 Å². The van der Waals surface area contributed by atoms with Crippen LogP contribution in [0.4, 0.5) is 0 Å². The molecule has 150 valence electrons. The summed E-state index contributed by atoms with van der Waals surface area (Å²) in [5.74, 6) is 0.677. The zero-order valence-electron chi connectivity index (χ0n) is 15.5. The van der Waals surface area contributed by atoms with E-state index in [-0.39, 0.29) is 0 Å². The van der Waals surface area contributed by atoms with Crippen LogP contribution in [0.25, 0.3) is 10.9 Å². The van der Waals surface area contributed by atoms with Crippen molar-refractivity contribution in [1.29, 1.82) is 0 Å². The highest BCUT2D eigenvalue weighted by atomic mass is 79.9. The minimum Gasteiger partial charge on any atom is -0.488 e. The number of rotatable bonds is 5. The number of aromatic amines is 1. The van der Waals surface area contributed by atoms with Crippen LogP contribution in [0.2, 0.25) is 0 Å². The summed E-state index contributed by atoms with van der Waals surface area (Å²) in [5, 5.41) is 4.46. The molecule has 3 aromatic carbocycles. The molecule has 0 saturated carbocycles. The Morgan fingerprint density at radius 3 is 2.53 bits per heavy atom. The lowest BCUT2D eigenvalue weighted by Gasteiger charge is -2.09. The molecule has 0 aliphatic carbocycles. The number of fused-ring (bicyclic) bond motifs is 1. The lowest BCUT2D eigenvalue weighted by Crippen LogP contribution is -2.32. The van der Waals surface area contributed by atoms with E-state index >= 15 is 0 Å². The van der Waals surface area contributed by atoms with Crippen molar-refractivity contribution in [3.63, 3.8) is 0 Å². The molecular weight excluding hydrogens is 514 g/mol. The van der Waals surface area contributed by atoms with E-state index in [1.807, 2.05) is 24.3 Å². The highest BCUT2D eigenvalue weighted by Gasteiger charge is 2.06. The minimum absolute atomic E-state index is 0.395. The third-order valence-electron chi connectivity index (χ3n) is 4.37. The van der Waals surface area contributed by atoms with Crippen LogP contribution in [-0.4, -0.2) is 15.9 Å². The van der Waals surface area contributed by atoms with E-state index in [9.17, 15) is 9.59 Å². The number of hydrogen-bond donors (Lipinski definition) is 1. The molecule has 0 bridgehead atoms. The van der Waals surface area contributed by atoms with Crippen molar-refractivity contribution in [2.45, 2.75) is 6.61 Å². The minimum atomic E-state index is -0.594. The molecule has 0 unspecified atom stereocenters. The van der Waals surface area contributed by atoms with Crippen molar-refractivity contribution in [3.8, 4) is 5.75 Å². The summed E-state index contributed by atoms with van der Waals surface area (Å²) >= 11 is 6.90. The first-order chi connectivity index (χ1) is 14.5. The van der Waals surface area contributed by atoms with Gasteiger partial charge >= 0.3 is 5.69 Å². The number of hydrogen-bond acceptors (Lipinski definition) is 4. The number of nitrogens with zero attached hydrogens (tertiary/aromatic N) is 2. The second-order valence-electron chi connectivity index (χ2n) is 6.44. The quantitative estimate of drug-likeness (QED) is 0.382. The molecule has 4 aromatic rings. The van der Waals surface area contributed by atoms with Crippen LogP contribution in [0, 0.1) is 0 Å². The number of benzene rings is 3. The van der Waals surface area contributed by atoms with Gasteiger partial charge in [-0.15, -0.1) is 4.68 Å². The Kier molecular flexibility index (Phi) is 5.96. The lowest BCUT2D eigenvalue weighted by atomic mass is 10.2.